The zero-order valence-corrected chi connectivity index (χ0v) is 20.5. The van der Waals surface area contributed by atoms with Crippen molar-refractivity contribution in [2.45, 2.75) is 19.3 Å². The van der Waals surface area contributed by atoms with Crippen molar-refractivity contribution in [3.05, 3.63) is 114 Å². The maximum Gasteiger partial charge on any atom is 0.0629 e. The van der Waals surface area contributed by atoms with E-state index in [1.807, 2.05) is 11.3 Å². The van der Waals surface area contributed by atoms with E-state index in [9.17, 15) is 0 Å². The van der Waals surface area contributed by atoms with Crippen molar-refractivity contribution in [1.82, 2.24) is 4.57 Å². The fraction of sp³-hybridized carbons (Fsp3) is 0.0909. The first-order valence-electron chi connectivity index (χ1n) is 12.2. The molecule has 0 saturated carbocycles. The average Bonchev–Trinajstić information content (AvgIpc) is 3.51. The quantitative estimate of drug-likeness (QED) is 0.227. The van der Waals surface area contributed by atoms with Crippen LogP contribution < -0.4 is 0 Å². The lowest BCUT2D eigenvalue weighted by Gasteiger charge is -2.22. The standard InChI is InChI=1S/C33H23NS/c1-33(2)24-17-9-6-14-21(24)29-30(33)32-28(23-16-8-11-19-26(23)35-32)27-22-15-7-10-18-25(22)34(31(27)29)20-12-4-3-5-13-20/h3-19H,1-2H3. The minimum Gasteiger partial charge on any atom is -0.309 e. The Labute approximate surface area is 207 Å². The third-order valence-corrected chi connectivity index (χ3v) is 9.13. The van der Waals surface area contributed by atoms with Crippen LogP contribution in [0.15, 0.2) is 103 Å². The summed E-state index contributed by atoms with van der Waals surface area (Å²) in [7, 11) is 0. The van der Waals surface area contributed by atoms with Crippen LogP contribution in [0.3, 0.4) is 0 Å². The van der Waals surface area contributed by atoms with Crippen molar-refractivity contribution in [2.75, 3.05) is 0 Å². The van der Waals surface area contributed by atoms with Crippen LogP contribution in [0, 0.1) is 0 Å². The van der Waals surface area contributed by atoms with Gasteiger partial charge in [-0.3, -0.25) is 0 Å². The molecule has 0 saturated heterocycles. The zero-order chi connectivity index (χ0) is 23.3. The lowest BCUT2D eigenvalue weighted by Crippen LogP contribution is -2.15. The van der Waals surface area contributed by atoms with Crippen molar-refractivity contribution in [3.8, 4) is 16.8 Å². The molecule has 2 aromatic heterocycles. The van der Waals surface area contributed by atoms with Crippen molar-refractivity contribution in [1.29, 1.82) is 0 Å². The molecule has 0 spiro atoms. The Morgan fingerprint density at radius 2 is 1.34 bits per heavy atom. The molecular formula is C33H23NS. The van der Waals surface area contributed by atoms with Crippen LogP contribution in [0.1, 0.15) is 25.0 Å². The first-order chi connectivity index (χ1) is 17.2. The average molecular weight is 466 g/mol. The Morgan fingerprint density at radius 1 is 0.657 bits per heavy atom. The molecule has 0 amide bonds. The van der Waals surface area contributed by atoms with E-state index < -0.39 is 0 Å². The molecule has 0 atom stereocenters. The molecule has 2 heteroatoms. The topological polar surface area (TPSA) is 4.93 Å². The molecule has 0 fully saturated rings. The minimum atomic E-state index is -0.0722. The number of aromatic nitrogens is 1. The van der Waals surface area contributed by atoms with Crippen LogP contribution >= 0.6 is 11.3 Å². The smallest absolute Gasteiger partial charge is 0.0629 e. The number of fused-ring (bicyclic) bond motifs is 12. The molecule has 0 unspecified atom stereocenters. The number of benzene rings is 5. The maximum absolute atomic E-state index is 2.51. The monoisotopic (exact) mass is 465 g/mol. The summed E-state index contributed by atoms with van der Waals surface area (Å²) in [6.45, 7) is 4.81. The number of hydrogen-bond acceptors (Lipinski definition) is 1. The summed E-state index contributed by atoms with van der Waals surface area (Å²) in [5.41, 5.74) is 9.41. The molecular weight excluding hydrogens is 442 g/mol. The fourth-order valence-corrected chi connectivity index (χ4v) is 7.94. The summed E-state index contributed by atoms with van der Waals surface area (Å²) in [5.74, 6) is 0. The lowest BCUT2D eigenvalue weighted by molar-refractivity contribution is 0.667. The lowest BCUT2D eigenvalue weighted by atomic mass is 9.81. The molecule has 1 aliphatic carbocycles. The molecule has 5 aromatic carbocycles. The van der Waals surface area contributed by atoms with Gasteiger partial charge in [0.2, 0.25) is 0 Å². The summed E-state index contributed by atoms with van der Waals surface area (Å²) in [5, 5.41) is 5.47. The molecule has 0 N–H and O–H groups in total. The van der Waals surface area contributed by atoms with Gasteiger partial charge in [-0.25, -0.2) is 0 Å². The van der Waals surface area contributed by atoms with Crippen molar-refractivity contribution in [3.63, 3.8) is 0 Å². The van der Waals surface area contributed by atoms with E-state index in [1.165, 1.54) is 69.9 Å². The maximum atomic E-state index is 2.51. The van der Waals surface area contributed by atoms with E-state index in [4.69, 9.17) is 0 Å². The van der Waals surface area contributed by atoms with E-state index in [0.29, 0.717) is 0 Å². The van der Waals surface area contributed by atoms with E-state index in [0.717, 1.165) is 0 Å². The van der Waals surface area contributed by atoms with Crippen molar-refractivity contribution in [2.24, 2.45) is 0 Å². The van der Waals surface area contributed by atoms with Gasteiger partial charge in [-0.2, -0.15) is 0 Å². The molecule has 0 radical (unpaired) electrons. The van der Waals surface area contributed by atoms with E-state index in [-0.39, 0.29) is 5.41 Å². The Hall–Kier alpha value is -3.88. The molecule has 0 bridgehead atoms. The summed E-state index contributed by atoms with van der Waals surface area (Å²) < 4.78 is 5.31. The third kappa shape index (κ3) is 2.33. The first-order valence-corrected chi connectivity index (χ1v) is 13.0. The van der Waals surface area contributed by atoms with Crippen molar-refractivity contribution >= 4 is 53.3 Å². The largest absolute Gasteiger partial charge is 0.309 e. The van der Waals surface area contributed by atoms with Crippen LogP contribution in [0.4, 0.5) is 0 Å². The first kappa shape index (κ1) is 19.4. The molecule has 2 heterocycles. The summed E-state index contributed by atoms with van der Waals surface area (Å²) in [4.78, 5) is 0. The van der Waals surface area contributed by atoms with E-state index in [2.05, 4.69) is 122 Å². The second-order valence-corrected chi connectivity index (χ2v) is 11.2. The van der Waals surface area contributed by atoms with Gasteiger partial charge in [0.1, 0.15) is 0 Å². The summed E-state index contributed by atoms with van der Waals surface area (Å²) >= 11 is 1.96. The SMILES string of the molecule is CC1(C)c2ccccc2-c2c1c1sc3ccccc3c1c1c3ccccc3n(-c3ccccc3)c21. The van der Waals surface area contributed by atoms with Crippen LogP contribution in [-0.4, -0.2) is 4.57 Å². The highest BCUT2D eigenvalue weighted by Gasteiger charge is 2.40. The van der Waals surface area contributed by atoms with E-state index >= 15 is 0 Å². The van der Waals surface area contributed by atoms with Gasteiger partial charge < -0.3 is 4.57 Å². The molecule has 35 heavy (non-hydrogen) atoms. The number of hydrogen-bond donors (Lipinski definition) is 0. The fourth-order valence-electron chi connectivity index (χ4n) is 6.52. The van der Waals surface area contributed by atoms with Crippen LogP contribution in [0.25, 0.3) is 58.8 Å². The second kappa shape index (κ2) is 6.62. The Balaban J connectivity index is 1.77. The Kier molecular flexibility index (Phi) is 3.67. The molecule has 0 aliphatic heterocycles. The summed E-state index contributed by atoms with van der Waals surface area (Å²) in [6, 6.07) is 37.8. The minimum absolute atomic E-state index is 0.0722. The molecule has 166 valence electrons. The van der Waals surface area contributed by atoms with Gasteiger partial charge in [0.25, 0.3) is 0 Å². The molecule has 1 aliphatic rings. The van der Waals surface area contributed by atoms with Gasteiger partial charge in [0, 0.05) is 47.6 Å². The highest BCUT2D eigenvalue weighted by atomic mass is 32.1. The van der Waals surface area contributed by atoms with Gasteiger partial charge >= 0.3 is 0 Å². The van der Waals surface area contributed by atoms with Crippen LogP contribution in [0.5, 0.6) is 0 Å². The highest BCUT2D eigenvalue weighted by molar-refractivity contribution is 7.26. The number of nitrogens with zero attached hydrogens (tertiary/aromatic N) is 1. The Morgan fingerprint density at radius 3 is 2.20 bits per heavy atom. The van der Waals surface area contributed by atoms with Crippen LogP contribution in [0.2, 0.25) is 0 Å². The van der Waals surface area contributed by atoms with E-state index in [1.54, 1.807) is 0 Å². The number of para-hydroxylation sites is 2. The van der Waals surface area contributed by atoms with Gasteiger partial charge in [-0.05, 0) is 41.0 Å². The Bertz CT molecular complexity index is 1970. The zero-order valence-electron chi connectivity index (χ0n) is 19.7. The van der Waals surface area contributed by atoms with Gasteiger partial charge in [0.15, 0.2) is 0 Å². The molecule has 7 aromatic rings. The van der Waals surface area contributed by atoms with Crippen LogP contribution in [-0.2, 0) is 5.41 Å². The number of thiophene rings is 1. The molecule has 1 nitrogen and oxygen atoms in total. The number of rotatable bonds is 1. The normalized spacial score (nSPS) is 14.2. The molecule has 8 rings (SSSR count). The van der Waals surface area contributed by atoms with Crippen molar-refractivity contribution < 1.29 is 0 Å². The van der Waals surface area contributed by atoms with Gasteiger partial charge in [-0.15, -0.1) is 11.3 Å². The highest BCUT2D eigenvalue weighted by Crippen LogP contribution is 2.58. The predicted molar refractivity (Wildman–Crippen MR) is 151 cm³/mol. The van der Waals surface area contributed by atoms with Gasteiger partial charge in [-0.1, -0.05) is 92.7 Å². The third-order valence-electron chi connectivity index (χ3n) is 7.94. The second-order valence-electron chi connectivity index (χ2n) is 10.1. The summed E-state index contributed by atoms with van der Waals surface area (Å²) in [6.07, 6.45) is 0. The predicted octanol–water partition coefficient (Wildman–Crippen LogP) is 9.46. The van der Waals surface area contributed by atoms with Gasteiger partial charge in [0.05, 0.1) is 11.0 Å².